The summed E-state index contributed by atoms with van der Waals surface area (Å²) in [6.45, 7) is 23.0. The molecule has 0 spiro atoms. The van der Waals surface area contributed by atoms with Gasteiger partial charge in [-0.1, -0.05) is 60.7 Å². The molecule has 1 unspecified atom stereocenters. The minimum absolute atomic E-state index is 0.476. The number of nitrogens with one attached hydrogen (secondary N) is 1. The average Bonchev–Trinajstić information content (AvgIpc) is 3.03. The summed E-state index contributed by atoms with van der Waals surface area (Å²) in [7, 11) is 0. The maximum atomic E-state index is 4.67. The predicted octanol–water partition coefficient (Wildman–Crippen LogP) is 9.85. The van der Waals surface area contributed by atoms with Crippen molar-refractivity contribution >= 4 is 5.98 Å². The molecule has 0 saturated heterocycles. The van der Waals surface area contributed by atoms with Crippen LogP contribution in [0.4, 0.5) is 0 Å². The number of hydrogen-bond acceptors (Lipinski definition) is 1. The van der Waals surface area contributed by atoms with Gasteiger partial charge in [-0.25, -0.2) is 0 Å². The van der Waals surface area contributed by atoms with Crippen molar-refractivity contribution in [3.63, 3.8) is 0 Å². The van der Waals surface area contributed by atoms with Crippen molar-refractivity contribution in [2.75, 3.05) is 0 Å². The second-order valence-corrected chi connectivity index (χ2v) is 40.6. The zero-order chi connectivity index (χ0) is 28.2. The Bertz CT molecular complexity index is 1170. The minimum Gasteiger partial charge on any atom is -0.0622 e. The molecule has 2 aromatic rings. The van der Waals surface area contributed by atoms with E-state index < -0.39 is 26.9 Å². The van der Waals surface area contributed by atoms with Crippen LogP contribution in [0.15, 0.2) is 80.7 Å². The van der Waals surface area contributed by atoms with Gasteiger partial charge in [0.05, 0.1) is 0 Å². The van der Waals surface area contributed by atoms with Crippen LogP contribution in [-0.4, -0.2) is 11.5 Å². The summed E-state index contributed by atoms with van der Waals surface area (Å²) in [6.07, 6.45) is 8.84. The Morgan fingerprint density at radius 3 is 1.41 bits per heavy atom. The number of rotatable bonds is 5. The maximum absolute atomic E-state index is 4.67. The largest absolute Gasteiger partial charge is 0.0622 e. The Labute approximate surface area is 248 Å². The normalized spacial score (nSPS) is 35.0. The van der Waals surface area contributed by atoms with E-state index in [1.807, 2.05) is 15.5 Å². The molecule has 0 aliphatic heterocycles. The van der Waals surface area contributed by atoms with Crippen molar-refractivity contribution in [2.24, 2.45) is 22.2 Å². The summed E-state index contributed by atoms with van der Waals surface area (Å²) < 4.78 is 6.64. The standard InChI is InChI=1S/C13H22N.C12H10.C9H13.C2H7Si.Hf/c1-10-4-11(2)6-12(3,5-10)9-13(14,7-10)8-11;1-3-7-11(8-4-1)12-9-5-2-6-10-12;1-6-5-7(2)9(4)8(6)3;1-3-2;/h14H,4-9H2,1-3H3;1-10H;6H,1-4H3;3H,1-2H3;/q-1;;;;+1. The molecule has 2 aromatic carbocycles. The molecule has 209 valence electrons. The van der Waals surface area contributed by atoms with E-state index in [1.54, 1.807) is 16.7 Å². The van der Waals surface area contributed by atoms with Gasteiger partial charge < -0.3 is 0 Å². The van der Waals surface area contributed by atoms with Gasteiger partial charge in [-0.05, 0) is 11.1 Å². The van der Waals surface area contributed by atoms with Crippen molar-refractivity contribution in [3.8, 4) is 11.1 Å². The first-order valence-corrected chi connectivity index (χ1v) is 28.1. The van der Waals surface area contributed by atoms with Gasteiger partial charge in [-0.15, -0.1) is 0 Å². The fourth-order valence-corrected chi connectivity index (χ4v) is 35.4. The fraction of sp³-hybridized carbons (Fsp3) is 0.556. The zero-order valence-corrected chi connectivity index (χ0v) is 30.9. The molecule has 1 N–H and O–H groups in total. The molecule has 5 aliphatic carbocycles. The van der Waals surface area contributed by atoms with Crippen molar-refractivity contribution in [1.29, 1.82) is 0 Å². The summed E-state index contributed by atoms with van der Waals surface area (Å²) in [5, 5.41) is 0. The molecule has 4 saturated carbocycles. The van der Waals surface area contributed by atoms with Crippen LogP contribution in [0.25, 0.3) is 11.1 Å². The molecule has 0 heterocycles. The molecule has 4 fully saturated rings. The molecular weight excluding hydrogens is 653 g/mol. The van der Waals surface area contributed by atoms with Crippen LogP contribution in [0.2, 0.25) is 13.1 Å². The fourth-order valence-electron chi connectivity index (χ4n) is 10.3. The minimum atomic E-state index is -2.00. The second-order valence-electron chi connectivity index (χ2n) is 15.3. The molecule has 0 amide bonds. The van der Waals surface area contributed by atoms with Gasteiger partial charge in [0.25, 0.3) is 0 Å². The Hall–Kier alpha value is -1.03. The number of allylic oxidation sites excluding steroid dienone is 4. The number of benzene rings is 2. The molecule has 5 aliphatic rings. The molecule has 4 bridgehead atoms. The summed E-state index contributed by atoms with van der Waals surface area (Å²) in [6, 6.07) is 20.8. The molecule has 1 nitrogen and oxygen atoms in total. The first kappa shape index (κ1) is 29.5. The van der Waals surface area contributed by atoms with Gasteiger partial charge in [-0.3, -0.25) is 0 Å². The average molecular weight is 705 g/mol. The summed E-state index contributed by atoms with van der Waals surface area (Å²) >= 11 is -2.00. The van der Waals surface area contributed by atoms with Gasteiger partial charge in [0, 0.05) is 0 Å². The van der Waals surface area contributed by atoms with Crippen molar-refractivity contribution in [3.05, 3.63) is 80.7 Å². The van der Waals surface area contributed by atoms with Crippen LogP contribution in [0.1, 0.15) is 87.0 Å². The van der Waals surface area contributed by atoms with Crippen LogP contribution in [0.5, 0.6) is 0 Å². The smallest absolute Gasteiger partial charge is 0.0184 e. The summed E-state index contributed by atoms with van der Waals surface area (Å²) in [5.74, 6) is 0.0761. The van der Waals surface area contributed by atoms with E-state index in [1.165, 1.54) is 49.7 Å². The van der Waals surface area contributed by atoms with Gasteiger partial charge >= 0.3 is 178 Å². The van der Waals surface area contributed by atoms with Crippen molar-refractivity contribution < 1.29 is 20.9 Å². The van der Waals surface area contributed by atoms with Crippen LogP contribution >= 0.6 is 0 Å². The van der Waals surface area contributed by atoms with E-state index in [0.717, 1.165) is 5.92 Å². The SMILES string of the molecule is CC1=C(C)C(C)[C]([Hf]([NH]C23CC4(C)CC(C)(CC(C)(C4)C2)C3)[SiH](C)C)=C1C.c1ccc(-c2ccccc2)cc1. The van der Waals surface area contributed by atoms with Gasteiger partial charge in [-0.2, -0.15) is 0 Å². The van der Waals surface area contributed by atoms with Gasteiger partial charge in [0.1, 0.15) is 0 Å². The topological polar surface area (TPSA) is 12.0 Å². The third kappa shape index (κ3) is 5.84. The molecule has 0 radical (unpaired) electrons. The molecule has 0 aromatic heterocycles. The zero-order valence-electron chi connectivity index (χ0n) is 26.2. The Kier molecular flexibility index (Phi) is 8.05. The van der Waals surface area contributed by atoms with Crippen molar-refractivity contribution in [1.82, 2.24) is 3.30 Å². The predicted molar refractivity (Wildman–Crippen MR) is 169 cm³/mol. The summed E-state index contributed by atoms with van der Waals surface area (Å²) in [4.78, 5) is 0. The molecule has 3 heteroatoms. The van der Waals surface area contributed by atoms with E-state index in [9.17, 15) is 0 Å². The van der Waals surface area contributed by atoms with E-state index >= 15 is 0 Å². The Balaban J connectivity index is 0.000000214. The van der Waals surface area contributed by atoms with Gasteiger partial charge in [0.2, 0.25) is 0 Å². The van der Waals surface area contributed by atoms with Crippen molar-refractivity contribution in [2.45, 2.75) is 106 Å². The van der Waals surface area contributed by atoms with E-state index in [2.05, 4.69) is 113 Å². The Morgan fingerprint density at radius 2 is 1.08 bits per heavy atom. The van der Waals surface area contributed by atoms with Gasteiger partial charge in [0.15, 0.2) is 0 Å². The van der Waals surface area contributed by atoms with E-state index in [0.29, 0.717) is 21.8 Å². The molecular formula is C36H52HfNSi. The van der Waals surface area contributed by atoms with Crippen LogP contribution in [0.3, 0.4) is 0 Å². The maximum Gasteiger partial charge on any atom is -0.0184 e. The Morgan fingerprint density at radius 1 is 0.667 bits per heavy atom. The van der Waals surface area contributed by atoms with E-state index in [-0.39, 0.29) is 0 Å². The van der Waals surface area contributed by atoms with Crippen LogP contribution < -0.4 is 3.30 Å². The summed E-state index contributed by atoms with van der Waals surface area (Å²) in [5.41, 5.74) is 9.79. The first-order valence-electron chi connectivity index (χ1n) is 15.4. The molecule has 7 rings (SSSR count). The molecule has 1 atom stereocenters. The molecule has 39 heavy (non-hydrogen) atoms. The first-order chi connectivity index (χ1) is 18.3. The van der Waals surface area contributed by atoms with Crippen LogP contribution in [0, 0.1) is 22.2 Å². The quantitative estimate of drug-likeness (QED) is 0.306. The second kappa shape index (κ2) is 10.7. The van der Waals surface area contributed by atoms with E-state index in [4.69, 9.17) is 0 Å². The third-order valence-corrected chi connectivity index (χ3v) is 35.8. The van der Waals surface area contributed by atoms with Crippen LogP contribution in [-0.2, 0) is 20.9 Å². The monoisotopic (exact) mass is 706 g/mol. The third-order valence-electron chi connectivity index (χ3n) is 10.6. The number of hydrogen-bond donors (Lipinski definition) is 1.